The summed E-state index contributed by atoms with van der Waals surface area (Å²) in [5.74, 6) is 0.624. The second-order valence-electron chi connectivity index (χ2n) is 5.70. The lowest BCUT2D eigenvalue weighted by Gasteiger charge is -2.31. The molecular formula is C18H17NO3S. The van der Waals surface area contributed by atoms with E-state index in [2.05, 4.69) is 6.07 Å². The summed E-state index contributed by atoms with van der Waals surface area (Å²) < 4.78 is 33.3. The Balaban J connectivity index is 1.77. The minimum Gasteiger partial charge on any atom is -0.489 e. The molecule has 2 aliphatic rings. The number of fused-ring (bicyclic) bond motifs is 2. The number of sulfonamides is 1. The maximum Gasteiger partial charge on any atom is 0.260 e. The summed E-state index contributed by atoms with van der Waals surface area (Å²) in [6.07, 6.45) is 3.11. The van der Waals surface area contributed by atoms with Gasteiger partial charge in [-0.15, -0.1) is 0 Å². The van der Waals surface area contributed by atoms with Crippen molar-refractivity contribution in [1.29, 1.82) is 0 Å². The predicted molar refractivity (Wildman–Crippen MR) is 90.9 cm³/mol. The molecule has 1 heterocycles. The molecule has 0 radical (unpaired) electrons. The molecule has 0 bridgehead atoms. The summed E-state index contributed by atoms with van der Waals surface area (Å²) in [7, 11) is -3.53. The van der Waals surface area contributed by atoms with Gasteiger partial charge in [0.1, 0.15) is 12.4 Å². The van der Waals surface area contributed by atoms with Gasteiger partial charge in [-0.3, -0.25) is 4.31 Å². The van der Waals surface area contributed by atoms with Gasteiger partial charge >= 0.3 is 0 Å². The first-order chi connectivity index (χ1) is 11.2. The van der Waals surface area contributed by atoms with Crippen LogP contribution < -0.4 is 9.04 Å². The van der Waals surface area contributed by atoms with Gasteiger partial charge < -0.3 is 4.74 Å². The van der Waals surface area contributed by atoms with Crippen LogP contribution >= 0.6 is 0 Å². The summed E-state index contributed by atoms with van der Waals surface area (Å²) in [6.45, 7) is 0.721. The fourth-order valence-corrected chi connectivity index (χ4v) is 4.79. The molecule has 118 valence electrons. The quantitative estimate of drug-likeness (QED) is 0.851. The lowest BCUT2D eigenvalue weighted by Crippen LogP contribution is -2.38. The van der Waals surface area contributed by atoms with Crippen LogP contribution in [-0.2, 0) is 16.4 Å². The van der Waals surface area contributed by atoms with Crippen LogP contribution in [0.1, 0.15) is 17.5 Å². The first-order valence-corrected chi connectivity index (χ1v) is 9.13. The van der Waals surface area contributed by atoms with Crippen LogP contribution in [0.3, 0.4) is 0 Å². The number of rotatable bonds is 2. The number of para-hydroxylation sites is 2. The summed E-state index contributed by atoms with van der Waals surface area (Å²) in [4.78, 5) is 0.480. The number of ether oxygens (including phenoxy) is 1. The topological polar surface area (TPSA) is 46.6 Å². The number of nitrogens with zero attached hydrogens (tertiary/aromatic N) is 1. The van der Waals surface area contributed by atoms with E-state index in [1.54, 1.807) is 6.07 Å². The van der Waals surface area contributed by atoms with E-state index < -0.39 is 10.0 Å². The van der Waals surface area contributed by atoms with E-state index in [0.29, 0.717) is 35.9 Å². The summed E-state index contributed by atoms with van der Waals surface area (Å²) in [6, 6.07) is 15.2. The normalized spacial score (nSPS) is 16.9. The van der Waals surface area contributed by atoms with Crippen LogP contribution in [-0.4, -0.2) is 21.6 Å². The second-order valence-corrected chi connectivity index (χ2v) is 7.62. The van der Waals surface area contributed by atoms with Crippen molar-refractivity contribution in [2.24, 2.45) is 0 Å². The molecule has 2 aromatic rings. The van der Waals surface area contributed by atoms with Crippen molar-refractivity contribution >= 4 is 21.8 Å². The molecule has 0 fully saturated rings. The van der Waals surface area contributed by atoms with E-state index in [-0.39, 0.29) is 0 Å². The van der Waals surface area contributed by atoms with Crippen LogP contribution in [0.2, 0.25) is 0 Å². The minimum atomic E-state index is -3.53. The SMILES string of the molecule is O=S(=O)(C1=Cc2ccccc2CC1)N1CCOc2ccccc21. The highest BCUT2D eigenvalue weighted by Gasteiger charge is 2.32. The number of benzene rings is 2. The van der Waals surface area contributed by atoms with Crippen LogP contribution in [0, 0.1) is 0 Å². The zero-order valence-electron chi connectivity index (χ0n) is 12.6. The Morgan fingerprint density at radius 1 is 0.957 bits per heavy atom. The molecule has 4 nitrogen and oxygen atoms in total. The molecule has 0 atom stereocenters. The van der Waals surface area contributed by atoms with Crippen LogP contribution in [0.15, 0.2) is 53.4 Å². The fraction of sp³-hybridized carbons (Fsp3) is 0.222. The highest BCUT2D eigenvalue weighted by atomic mass is 32.2. The molecule has 5 heteroatoms. The molecule has 4 rings (SSSR count). The van der Waals surface area contributed by atoms with E-state index in [0.717, 1.165) is 12.0 Å². The Morgan fingerprint density at radius 3 is 2.65 bits per heavy atom. The lowest BCUT2D eigenvalue weighted by atomic mass is 9.98. The molecule has 0 unspecified atom stereocenters. The Morgan fingerprint density at radius 2 is 1.74 bits per heavy atom. The number of hydrogen-bond donors (Lipinski definition) is 0. The van der Waals surface area contributed by atoms with Crippen molar-refractivity contribution in [1.82, 2.24) is 0 Å². The fourth-order valence-electron chi connectivity index (χ4n) is 3.15. The molecule has 23 heavy (non-hydrogen) atoms. The maximum absolute atomic E-state index is 13.1. The molecule has 0 spiro atoms. The smallest absolute Gasteiger partial charge is 0.260 e. The molecule has 0 amide bonds. The third-order valence-electron chi connectivity index (χ3n) is 4.32. The third kappa shape index (κ3) is 2.41. The van der Waals surface area contributed by atoms with E-state index in [1.165, 1.54) is 9.87 Å². The van der Waals surface area contributed by atoms with Crippen molar-refractivity contribution < 1.29 is 13.2 Å². The standard InChI is InChI=1S/C18H17NO3S/c20-23(21,16-10-9-14-5-1-2-6-15(14)13-16)19-11-12-22-18-8-4-3-7-17(18)19/h1-8,13H,9-12H2. The van der Waals surface area contributed by atoms with Gasteiger partial charge in [-0.2, -0.15) is 0 Å². The highest BCUT2D eigenvalue weighted by molar-refractivity contribution is 7.96. The van der Waals surface area contributed by atoms with E-state index in [4.69, 9.17) is 4.74 Å². The summed E-state index contributed by atoms with van der Waals surface area (Å²) in [5.41, 5.74) is 2.83. The second kappa shape index (κ2) is 5.42. The zero-order valence-corrected chi connectivity index (χ0v) is 13.4. The monoisotopic (exact) mass is 327 g/mol. The molecule has 0 saturated heterocycles. The zero-order chi connectivity index (χ0) is 15.9. The maximum atomic E-state index is 13.1. The predicted octanol–water partition coefficient (Wildman–Crippen LogP) is 3.20. The van der Waals surface area contributed by atoms with Crippen molar-refractivity contribution in [3.05, 3.63) is 64.6 Å². The largest absolute Gasteiger partial charge is 0.489 e. The summed E-state index contributed by atoms with van der Waals surface area (Å²) in [5, 5.41) is 0. The van der Waals surface area contributed by atoms with E-state index >= 15 is 0 Å². The first kappa shape index (κ1) is 14.3. The minimum absolute atomic E-state index is 0.346. The Kier molecular flexibility index (Phi) is 3.38. The number of anilines is 1. The molecule has 2 aromatic carbocycles. The summed E-state index contributed by atoms with van der Waals surface area (Å²) >= 11 is 0. The Bertz CT molecular complexity index is 887. The van der Waals surface area contributed by atoms with Crippen LogP contribution in [0.5, 0.6) is 5.75 Å². The molecule has 0 aromatic heterocycles. The molecular weight excluding hydrogens is 310 g/mol. The molecule has 0 N–H and O–H groups in total. The van der Waals surface area contributed by atoms with E-state index in [9.17, 15) is 8.42 Å². The van der Waals surface area contributed by atoms with Crippen molar-refractivity contribution in [3.63, 3.8) is 0 Å². The highest BCUT2D eigenvalue weighted by Crippen LogP contribution is 2.37. The number of aryl methyl sites for hydroxylation is 1. The van der Waals surface area contributed by atoms with Gasteiger partial charge in [0.25, 0.3) is 10.0 Å². The average Bonchev–Trinajstić information content (AvgIpc) is 2.60. The van der Waals surface area contributed by atoms with Crippen LogP contribution in [0.4, 0.5) is 5.69 Å². The number of hydrogen-bond acceptors (Lipinski definition) is 3. The number of allylic oxidation sites excluding steroid dienone is 1. The lowest BCUT2D eigenvalue weighted by molar-refractivity contribution is 0.316. The van der Waals surface area contributed by atoms with Gasteiger partial charge in [0, 0.05) is 0 Å². The Hall–Kier alpha value is -2.27. The molecule has 1 aliphatic heterocycles. The van der Waals surface area contributed by atoms with Gasteiger partial charge in [0.05, 0.1) is 17.1 Å². The van der Waals surface area contributed by atoms with Gasteiger partial charge in [0.2, 0.25) is 0 Å². The van der Waals surface area contributed by atoms with E-state index in [1.807, 2.05) is 42.5 Å². The van der Waals surface area contributed by atoms with Crippen molar-refractivity contribution in [2.45, 2.75) is 12.8 Å². The Labute approximate surface area is 136 Å². The van der Waals surface area contributed by atoms with Gasteiger partial charge in [-0.25, -0.2) is 8.42 Å². The van der Waals surface area contributed by atoms with Crippen molar-refractivity contribution in [2.75, 3.05) is 17.5 Å². The van der Waals surface area contributed by atoms with Gasteiger partial charge in [0.15, 0.2) is 0 Å². The van der Waals surface area contributed by atoms with Gasteiger partial charge in [-0.1, -0.05) is 36.4 Å². The molecule has 0 saturated carbocycles. The average molecular weight is 327 g/mol. The van der Waals surface area contributed by atoms with Crippen LogP contribution in [0.25, 0.3) is 6.08 Å². The van der Waals surface area contributed by atoms with Crippen molar-refractivity contribution in [3.8, 4) is 5.75 Å². The molecule has 1 aliphatic carbocycles. The van der Waals surface area contributed by atoms with Gasteiger partial charge in [-0.05, 0) is 42.2 Å². The third-order valence-corrected chi connectivity index (χ3v) is 6.26. The first-order valence-electron chi connectivity index (χ1n) is 7.69.